The molecule has 2 heterocycles. The van der Waals surface area contributed by atoms with Crippen molar-refractivity contribution in [3.05, 3.63) is 53.6 Å². The normalized spacial score (nSPS) is 27.4. The fraction of sp³-hybridized carbons (Fsp3) is 0.696. The van der Waals surface area contributed by atoms with Crippen LogP contribution in [0.2, 0.25) is 0 Å². The first kappa shape index (κ1) is 79.7. The molecule has 99 heavy (non-hydrogen) atoms. The Bertz CT molecular complexity index is 3120. The van der Waals surface area contributed by atoms with Gasteiger partial charge in [-0.15, -0.1) is 0 Å². The van der Waals surface area contributed by atoms with E-state index in [0.717, 1.165) is 16.9 Å². The quantitative estimate of drug-likeness (QED) is 0.0254. The molecule has 7 amide bonds. The molecule has 2 aliphatic heterocycles. The number of likely N-dealkylation sites (tertiary alicyclic amines) is 1. The van der Waals surface area contributed by atoms with E-state index in [0.29, 0.717) is 31.2 Å². The summed E-state index contributed by atoms with van der Waals surface area (Å²) < 4.78 is 35.2. The molecule has 30 heteroatoms. The number of hydrogen-bond donors (Lipinski definition) is 11. The van der Waals surface area contributed by atoms with Crippen molar-refractivity contribution in [2.45, 2.75) is 191 Å². The van der Waals surface area contributed by atoms with Gasteiger partial charge in [0.2, 0.25) is 35.3 Å². The zero-order chi connectivity index (χ0) is 72.5. The van der Waals surface area contributed by atoms with Crippen LogP contribution in [-0.2, 0) is 78.2 Å². The first-order valence-corrected chi connectivity index (χ1v) is 35.5. The first-order chi connectivity index (χ1) is 47.0. The highest BCUT2D eigenvalue weighted by Gasteiger charge is 2.76. The molecule has 29 nitrogen and oxygen atoms in total. The van der Waals surface area contributed by atoms with Crippen LogP contribution in [0.25, 0.3) is 0 Å². The van der Waals surface area contributed by atoms with E-state index in [-0.39, 0.29) is 126 Å². The number of rotatable bonds is 40. The van der Waals surface area contributed by atoms with E-state index >= 15 is 0 Å². The minimum Gasteiger partial charge on any atom is -0.429 e. The number of ether oxygens (including phenoxy) is 6. The van der Waals surface area contributed by atoms with Crippen LogP contribution in [0.5, 0.6) is 0 Å². The van der Waals surface area contributed by atoms with Crippen molar-refractivity contribution in [2.75, 3.05) is 70.8 Å². The van der Waals surface area contributed by atoms with Crippen LogP contribution in [0.15, 0.2) is 48.1 Å². The molecule has 0 aromatic heterocycles. The summed E-state index contributed by atoms with van der Waals surface area (Å²) in [6, 6.07) is 4.16. The van der Waals surface area contributed by atoms with Crippen LogP contribution in [-0.4, -0.2) is 226 Å². The third-order valence-electron chi connectivity index (χ3n) is 20.5. The summed E-state index contributed by atoms with van der Waals surface area (Å²) in [5.74, 6) is -7.42. The number of thioether (sulfide) groups is 1. The Labute approximate surface area is 580 Å². The lowest BCUT2D eigenvalue weighted by Crippen LogP contribution is -2.63. The van der Waals surface area contributed by atoms with Gasteiger partial charge in [0.15, 0.2) is 30.1 Å². The van der Waals surface area contributed by atoms with E-state index in [4.69, 9.17) is 39.3 Å². The van der Waals surface area contributed by atoms with Gasteiger partial charge < -0.3 is 86.1 Å². The minimum absolute atomic E-state index is 0.0191. The Morgan fingerprint density at radius 1 is 0.869 bits per heavy atom. The SMILES string of the molecule is CCCC1O[C@@H]2C[C@H]3[C@@H]4CCC5=CC(=O)C=C[C@]5(C)[C@H]4[C@@H](O)C[C@]3(C)[C@]2(C(=O)COC(=O)OCc2ccc(NC(=O)[C@H](CCCNC(N)=O)CC(=O)[C@@H](NC(=O)[C@@H](CCC(=O)NC[C@H](O)[C@@H](O)[C@H](O)[C@H](O)CO)CC(=O)CCOCCOCCN3C(=O)CC(SC)C3=O)C(C)C)cc2)O1. The standard InChI is InChI=1S/C69H100N6O23S/c1-7-9-57-97-54-31-47-46-17-14-42-30-44(77)19-21-67(42,4)58(46)49(80)33-68(47,5)69(54,98-57)53(83)37-96-66(92)95-36-39-11-15-43(16-12-39)73-62(88)40(10-8-22-71-65(70)91)29-48(79)59(38(2)3)74-63(89)41(13-18-55(84)72-34-50(81)60(86)61(87)51(82)35-76)28-45(78)20-24-93-26-27-94-25-23-75-56(85)32-52(99-6)64(75)90/h11-12,15-16,19,21,30,38,40-41,46-47,49-52,54,57-61,76,80-82,86-87H,7-10,13-14,17-18,20,22-29,31-37H2,1-6H3,(H,72,84)(H,73,88)(H,74,89)(H3,70,71,91)/t40-,41+,46+,47+,49+,50+,51-,52?,54-,57?,58-,59+,60-,61-,67+,68+,69-/m1/s1. The van der Waals surface area contributed by atoms with Gasteiger partial charge in [-0.05, 0) is 105 Å². The monoisotopic (exact) mass is 1410 g/mol. The molecule has 5 fully saturated rings. The summed E-state index contributed by atoms with van der Waals surface area (Å²) in [6.07, 6.45) is -1.86. The number of carbonyl (C=O) groups excluding carboxylic acids is 11. The number of aliphatic hydroxyl groups is 6. The molecule has 550 valence electrons. The molecule has 17 atom stereocenters. The maximum Gasteiger partial charge on any atom is 0.509 e. The van der Waals surface area contributed by atoms with E-state index in [1.54, 1.807) is 44.4 Å². The molecule has 6 aliphatic rings. The largest absolute Gasteiger partial charge is 0.509 e. The number of nitrogens with zero attached hydrogens (tertiary/aromatic N) is 1. The highest BCUT2D eigenvalue weighted by atomic mass is 32.2. The Balaban J connectivity index is 0.936. The molecule has 7 rings (SSSR count). The van der Waals surface area contributed by atoms with Gasteiger partial charge in [-0.1, -0.05) is 64.8 Å². The maximum atomic E-state index is 14.7. The highest BCUT2D eigenvalue weighted by molar-refractivity contribution is 8.00. The van der Waals surface area contributed by atoms with Gasteiger partial charge >= 0.3 is 12.2 Å². The summed E-state index contributed by atoms with van der Waals surface area (Å²) in [5, 5.41) is 71.4. The second-order valence-corrected chi connectivity index (χ2v) is 28.5. The molecular formula is C69H100N6O23S. The average molecular weight is 1410 g/mol. The molecule has 0 bridgehead atoms. The number of primary amides is 1. The van der Waals surface area contributed by atoms with Crippen molar-refractivity contribution in [3.8, 4) is 0 Å². The summed E-state index contributed by atoms with van der Waals surface area (Å²) in [7, 11) is 0. The first-order valence-electron chi connectivity index (χ1n) is 34.2. The zero-order valence-corrected chi connectivity index (χ0v) is 58.0. The molecular weight excluding hydrogens is 1310 g/mol. The predicted molar refractivity (Wildman–Crippen MR) is 355 cm³/mol. The lowest BCUT2D eigenvalue weighted by atomic mass is 9.46. The third kappa shape index (κ3) is 19.7. The number of allylic oxidation sites excluding steroid dienone is 4. The number of fused-ring (bicyclic) bond motifs is 7. The Morgan fingerprint density at radius 3 is 2.23 bits per heavy atom. The van der Waals surface area contributed by atoms with Crippen molar-refractivity contribution in [3.63, 3.8) is 0 Å². The lowest BCUT2D eigenvalue weighted by molar-refractivity contribution is -0.200. The predicted octanol–water partition coefficient (Wildman–Crippen LogP) is 2.00. The molecule has 1 aromatic carbocycles. The number of nitrogens with one attached hydrogen (secondary N) is 4. The third-order valence-corrected chi connectivity index (χ3v) is 21.5. The number of nitrogens with two attached hydrogens (primary N) is 1. The number of imide groups is 1. The molecule has 2 unspecified atom stereocenters. The van der Waals surface area contributed by atoms with Gasteiger partial charge in [0, 0.05) is 79.5 Å². The number of anilines is 1. The Morgan fingerprint density at radius 2 is 1.57 bits per heavy atom. The van der Waals surface area contributed by atoms with E-state index in [1.807, 2.05) is 19.9 Å². The van der Waals surface area contributed by atoms with E-state index in [9.17, 15) is 78.3 Å². The number of urea groups is 1. The molecule has 0 spiro atoms. The van der Waals surface area contributed by atoms with Gasteiger partial charge in [0.05, 0.1) is 69.2 Å². The molecule has 4 aliphatic carbocycles. The minimum atomic E-state index is -1.97. The fourth-order valence-electron chi connectivity index (χ4n) is 15.2. The van der Waals surface area contributed by atoms with Crippen molar-refractivity contribution in [1.29, 1.82) is 0 Å². The average Bonchev–Trinajstić information content (AvgIpc) is 1.53. The Kier molecular flexibility index (Phi) is 29.3. The topological polar surface area (TPSA) is 442 Å². The van der Waals surface area contributed by atoms with Crippen molar-refractivity contribution in [2.24, 2.45) is 52.1 Å². The molecule has 0 radical (unpaired) electrons. The maximum absolute atomic E-state index is 14.7. The van der Waals surface area contributed by atoms with Crippen LogP contribution >= 0.6 is 11.8 Å². The molecule has 2 saturated heterocycles. The molecule has 12 N–H and O–H groups in total. The van der Waals surface area contributed by atoms with Crippen LogP contribution in [0, 0.1) is 46.3 Å². The molecule has 3 saturated carbocycles. The molecule has 1 aromatic rings. The second kappa shape index (κ2) is 36.3. The Hall–Kier alpha value is -6.58. The number of hydrogen-bond acceptors (Lipinski definition) is 24. The number of aliphatic hydroxyl groups excluding tert-OH is 6. The van der Waals surface area contributed by atoms with Gasteiger partial charge in [0.1, 0.15) is 30.7 Å². The number of Topliss-reactive ketones (excluding diaryl/α,β-unsaturated/α-hetero) is 3. The van der Waals surface area contributed by atoms with Gasteiger partial charge in [0.25, 0.3) is 0 Å². The van der Waals surface area contributed by atoms with Crippen LogP contribution in [0.1, 0.15) is 130 Å². The van der Waals surface area contributed by atoms with Crippen LogP contribution < -0.4 is 27.0 Å². The number of carbonyl (C=O) groups is 11. The van der Waals surface area contributed by atoms with Crippen molar-refractivity contribution < 1.29 is 112 Å². The van der Waals surface area contributed by atoms with E-state index in [1.165, 1.54) is 23.9 Å². The summed E-state index contributed by atoms with van der Waals surface area (Å²) >= 11 is 1.30. The van der Waals surface area contributed by atoms with Gasteiger partial charge in [-0.2, -0.15) is 11.8 Å². The summed E-state index contributed by atoms with van der Waals surface area (Å²) in [6.45, 7) is 7.03. The zero-order valence-electron chi connectivity index (χ0n) is 57.2. The number of benzene rings is 1. The van der Waals surface area contributed by atoms with Gasteiger partial charge in [-0.3, -0.25) is 48.1 Å². The smallest absolute Gasteiger partial charge is 0.429 e. The van der Waals surface area contributed by atoms with E-state index < -0.39 is 175 Å². The van der Waals surface area contributed by atoms with Crippen molar-refractivity contribution >= 4 is 82.3 Å². The van der Waals surface area contributed by atoms with E-state index in [2.05, 4.69) is 28.2 Å². The van der Waals surface area contributed by atoms with Crippen LogP contribution in [0.3, 0.4) is 0 Å². The summed E-state index contributed by atoms with van der Waals surface area (Å²) in [5.41, 5.74) is 4.08. The fourth-order valence-corrected chi connectivity index (χ4v) is 15.9. The number of ketones is 4. The summed E-state index contributed by atoms with van der Waals surface area (Å²) in [4.78, 5) is 147. The lowest BCUT2D eigenvalue weighted by Gasteiger charge is -2.59. The second-order valence-electron chi connectivity index (χ2n) is 27.5. The van der Waals surface area contributed by atoms with Gasteiger partial charge in [-0.25, -0.2) is 9.59 Å². The van der Waals surface area contributed by atoms with Crippen LogP contribution in [0.4, 0.5) is 15.3 Å². The number of amides is 7. The van der Waals surface area contributed by atoms with Crippen molar-refractivity contribution in [1.82, 2.24) is 20.9 Å². The highest BCUT2D eigenvalue weighted by Crippen LogP contribution is 2.70.